The quantitative estimate of drug-likeness (QED) is 0.532. The summed E-state index contributed by atoms with van der Waals surface area (Å²) in [7, 11) is 0. The maximum Gasteiger partial charge on any atom is 0.0166 e. The van der Waals surface area contributed by atoms with Crippen LogP contribution in [-0.2, 0) is 0 Å². The molecule has 0 spiro atoms. The molecule has 0 N–H and O–H groups in total. The lowest BCUT2D eigenvalue weighted by Crippen LogP contribution is -2.29. The fourth-order valence-corrected chi connectivity index (χ4v) is 2.34. The third kappa shape index (κ3) is 3.82. The summed E-state index contributed by atoms with van der Waals surface area (Å²) in [4.78, 5) is 2.61. The summed E-state index contributed by atoms with van der Waals surface area (Å²) in [6.45, 7) is 4.56. The summed E-state index contributed by atoms with van der Waals surface area (Å²) < 4.78 is 0. The standard InChI is InChI=1S/C11H20BrN/c1-2-3-9-13-10-5-7-11(13)6-4-8-12/h2-3,11H,4-10H2,1H3/b3-2+. The van der Waals surface area contributed by atoms with Gasteiger partial charge in [-0.1, -0.05) is 28.1 Å². The van der Waals surface area contributed by atoms with Gasteiger partial charge in [0.1, 0.15) is 0 Å². The molecule has 1 saturated heterocycles. The molecule has 1 unspecified atom stereocenters. The van der Waals surface area contributed by atoms with Crippen molar-refractivity contribution in [1.29, 1.82) is 0 Å². The Morgan fingerprint density at radius 2 is 2.38 bits per heavy atom. The van der Waals surface area contributed by atoms with Gasteiger partial charge in [-0.15, -0.1) is 0 Å². The maximum absolute atomic E-state index is 3.50. The summed E-state index contributed by atoms with van der Waals surface area (Å²) in [6.07, 6.45) is 9.90. The average molecular weight is 246 g/mol. The first-order valence-electron chi connectivity index (χ1n) is 5.29. The van der Waals surface area contributed by atoms with E-state index in [1.807, 2.05) is 0 Å². The summed E-state index contributed by atoms with van der Waals surface area (Å²) in [6, 6.07) is 0.855. The van der Waals surface area contributed by atoms with Crippen LogP contribution in [-0.4, -0.2) is 29.4 Å². The van der Waals surface area contributed by atoms with Gasteiger partial charge in [0, 0.05) is 17.9 Å². The predicted octanol–water partition coefficient (Wildman–Crippen LogP) is 3.20. The molecule has 1 atom stereocenters. The van der Waals surface area contributed by atoms with Gasteiger partial charge in [-0.3, -0.25) is 4.90 Å². The number of nitrogens with zero attached hydrogens (tertiary/aromatic N) is 1. The van der Waals surface area contributed by atoms with E-state index < -0.39 is 0 Å². The lowest BCUT2D eigenvalue weighted by molar-refractivity contribution is 0.267. The Morgan fingerprint density at radius 3 is 3.08 bits per heavy atom. The van der Waals surface area contributed by atoms with Crippen molar-refractivity contribution in [3.8, 4) is 0 Å². The Hall–Kier alpha value is 0.180. The molecule has 0 bridgehead atoms. The molecule has 0 amide bonds. The predicted molar refractivity (Wildman–Crippen MR) is 62.4 cm³/mol. The van der Waals surface area contributed by atoms with Crippen LogP contribution in [0.1, 0.15) is 32.6 Å². The third-order valence-corrected chi connectivity index (χ3v) is 3.31. The fraction of sp³-hybridized carbons (Fsp3) is 0.818. The molecule has 1 heterocycles. The molecule has 1 nitrogen and oxygen atoms in total. The van der Waals surface area contributed by atoms with Gasteiger partial charge in [-0.2, -0.15) is 0 Å². The smallest absolute Gasteiger partial charge is 0.0166 e. The molecular formula is C11H20BrN. The molecule has 0 aromatic carbocycles. The Labute approximate surface area is 90.3 Å². The van der Waals surface area contributed by atoms with Crippen LogP contribution in [0, 0.1) is 0 Å². The molecular weight excluding hydrogens is 226 g/mol. The minimum absolute atomic E-state index is 0.855. The molecule has 0 aromatic heterocycles. The second-order valence-electron chi connectivity index (χ2n) is 3.69. The number of alkyl halides is 1. The van der Waals surface area contributed by atoms with Gasteiger partial charge in [0.05, 0.1) is 0 Å². The molecule has 76 valence electrons. The topological polar surface area (TPSA) is 3.24 Å². The zero-order valence-electron chi connectivity index (χ0n) is 8.51. The van der Waals surface area contributed by atoms with E-state index in [0.717, 1.165) is 17.9 Å². The zero-order valence-corrected chi connectivity index (χ0v) is 10.1. The maximum atomic E-state index is 3.50. The van der Waals surface area contributed by atoms with Crippen LogP contribution in [0.3, 0.4) is 0 Å². The molecule has 0 aromatic rings. The number of allylic oxidation sites excluding steroid dienone is 1. The lowest BCUT2D eigenvalue weighted by atomic mass is 10.1. The first-order valence-corrected chi connectivity index (χ1v) is 6.41. The van der Waals surface area contributed by atoms with Gasteiger partial charge in [0.25, 0.3) is 0 Å². The molecule has 0 aliphatic carbocycles. The molecule has 0 radical (unpaired) electrons. The molecule has 1 fully saturated rings. The van der Waals surface area contributed by atoms with Gasteiger partial charge < -0.3 is 0 Å². The van der Waals surface area contributed by atoms with E-state index in [2.05, 4.69) is 39.9 Å². The van der Waals surface area contributed by atoms with Crippen molar-refractivity contribution >= 4 is 15.9 Å². The molecule has 13 heavy (non-hydrogen) atoms. The average Bonchev–Trinajstić information content (AvgIpc) is 2.59. The van der Waals surface area contributed by atoms with Crippen molar-refractivity contribution in [3.63, 3.8) is 0 Å². The summed E-state index contributed by atoms with van der Waals surface area (Å²) >= 11 is 3.50. The zero-order chi connectivity index (χ0) is 9.52. The Bertz CT molecular complexity index is 156. The Morgan fingerprint density at radius 1 is 1.54 bits per heavy atom. The first-order chi connectivity index (χ1) is 6.38. The van der Waals surface area contributed by atoms with E-state index in [0.29, 0.717) is 0 Å². The highest BCUT2D eigenvalue weighted by atomic mass is 79.9. The van der Waals surface area contributed by atoms with Crippen LogP contribution in [0.15, 0.2) is 12.2 Å². The summed E-state index contributed by atoms with van der Waals surface area (Å²) in [5.41, 5.74) is 0. The van der Waals surface area contributed by atoms with Crippen LogP contribution in [0.4, 0.5) is 0 Å². The molecule has 1 rings (SSSR count). The fourth-order valence-electron chi connectivity index (χ4n) is 2.02. The van der Waals surface area contributed by atoms with Gasteiger partial charge in [-0.05, 0) is 39.2 Å². The third-order valence-electron chi connectivity index (χ3n) is 2.75. The van der Waals surface area contributed by atoms with Gasteiger partial charge in [0.2, 0.25) is 0 Å². The Balaban J connectivity index is 2.26. The first kappa shape index (κ1) is 11.3. The van der Waals surface area contributed by atoms with Crippen LogP contribution in [0.5, 0.6) is 0 Å². The second-order valence-corrected chi connectivity index (χ2v) is 4.48. The van der Waals surface area contributed by atoms with Crippen molar-refractivity contribution in [3.05, 3.63) is 12.2 Å². The van der Waals surface area contributed by atoms with E-state index in [4.69, 9.17) is 0 Å². The second kappa shape index (κ2) is 6.61. The van der Waals surface area contributed by atoms with E-state index in [1.165, 1.54) is 32.2 Å². The van der Waals surface area contributed by atoms with Crippen molar-refractivity contribution in [1.82, 2.24) is 4.90 Å². The molecule has 2 heteroatoms. The molecule has 1 aliphatic heterocycles. The Kier molecular flexibility index (Phi) is 5.72. The molecule has 1 aliphatic rings. The van der Waals surface area contributed by atoms with Crippen LogP contribution < -0.4 is 0 Å². The van der Waals surface area contributed by atoms with Crippen molar-refractivity contribution in [2.24, 2.45) is 0 Å². The van der Waals surface area contributed by atoms with Crippen molar-refractivity contribution in [2.75, 3.05) is 18.4 Å². The van der Waals surface area contributed by atoms with E-state index in [-0.39, 0.29) is 0 Å². The largest absolute Gasteiger partial charge is 0.297 e. The highest BCUT2D eigenvalue weighted by Gasteiger charge is 2.22. The highest BCUT2D eigenvalue weighted by molar-refractivity contribution is 9.09. The monoisotopic (exact) mass is 245 g/mol. The number of hydrogen-bond donors (Lipinski definition) is 0. The van der Waals surface area contributed by atoms with Crippen LogP contribution in [0.25, 0.3) is 0 Å². The minimum Gasteiger partial charge on any atom is -0.297 e. The number of likely N-dealkylation sites (tertiary alicyclic amines) is 1. The number of rotatable bonds is 5. The van der Waals surface area contributed by atoms with E-state index in [9.17, 15) is 0 Å². The van der Waals surface area contributed by atoms with Crippen molar-refractivity contribution in [2.45, 2.75) is 38.6 Å². The van der Waals surface area contributed by atoms with Gasteiger partial charge in [-0.25, -0.2) is 0 Å². The van der Waals surface area contributed by atoms with Crippen molar-refractivity contribution < 1.29 is 0 Å². The summed E-state index contributed by atoms with van der Waals surface area (Å²) in [5.74, 6) is 0. The van der Waals surface area contributed by atoms with E-state index >= 15 is 0 Å². The normalized spacial score (nSPS) is 24.6. The SMILES string of the molecule is C/C=C/CN1CCCC1CCCBr. The minimum atomic E-state index is 0.855. The van der Waals surface area contributed by atoms with Crippen LogP contribution in [0.2, 0.25) is 0 Å². The van der Waals surface area contributed by atoms with Crippen LogP contribution >= 0.6 is 15.9 Å². The lowest BCUT2D eigenvalue weighted by Gasteiger charge is -2.22. The number of halogens is 1. The number of hydrogen-bond acceptors (Lipinski definition) is 1. The molecule has 0 saturated carbocycles. The van der Waals surface area contributed by atoms with Gasteiger partial charge in [0.15, 0.2) is 0 Å². The summed E-state index contributed by atoms with van der Waals surface area (Å²) in [5, 5.41) is 1.15. The van der Waals surface area contributed by atoms with E-state index in [1.54, 1.807) is 0 Å². The van der Waals surface area contributed by atoms with Gasteiger partial charge >= 0.3 is 0 Å². The highest BCUT2D eigenvalue weighted by Crippen LogP contribution is 2.21.